The van der Waals surface area contributed by atoms with Gasteiger partial charge in [0.1, 0.15) is 5.75 Å². The second-order valence-electron chi connectivity index (χ2n) is 6.59. The molecule has 1 heterocycles. The summed E-state index contributed by atoms with van der Waals surface area (Å²) in [4.78, 5) is 38.3. The maximum absolute atomic E-state index is 12.6. The summed E-state index contributed by atoms with van der Waals surface area (Å²) < 4.78 is 5.10. The number of thioether (sulfide) groups is 1. The van der Waals surface area contributed by atoms with Crippen molar-refractivity contribution >= 4 is 52.5 Å². The lowest BCUT2D eigenvalue weighted by Gasteiger charge is -2.15. The van der Waals surface area contributed by atoms with Crippen LogP contribution in [-0.2, 0) is 14.4 Å². The predicted molar refractivity (Wildman–Crippen MR) is 116 cm³/mol. The van der Waals surface area contributed by atoms with E-state index < -0.39 is 5.25 Å². The lowest BCUT2D eigenvalue weighted by molar-refractivity contribution is -0.121. The standard InChI is InChI=1S/C21H21ClN2O4S/c1-13-3-4-14(11-17(13)22)23-19(25)9-10-29-18-12-20(26)24(21(18)27)15-5-7-16(28-2)8-6-15/h3-8,11,18H,9-10,12H2,1-2H3,(H,23,25)/t18-/m1/s1. The van der Waals surface area contributed by atoms with Gasteiger partial charge in [0.25, 0.3) is 0 Å². The average Bonchev–Trinajstić information content (AvgIpc) is 2.98. The van der Waals surface area contributed by atoms with E-state index in [9.17, 15) is 14.4 Å². The number of anilines is 2. The Labute approximate surface area is 178 Å². The number of methoxy groups -OCH3 is 1. The molecule has 3 amide bonds. The number of carbonyl (C=O) groups excluding carboxylic acids is 3. The summed E-state index contributed by atoms with van der Waals surface area (Å²) in [6.45, 7) is 1.89. The van der Waals surface area contributed by atoms with Crippen LogP contribution in [0.4, 0.5) is 11.4 Å². The third-order valence-corrected chi connectivity index (χ3v) is 6.16. The number of nitrogens with zero attached hydrogens (tertiary/aromatic N) is 1. The van der Waals surface area contributed by atoms with Crippen molar-refractivity contribution in [1.82, 2.24) is 0 Å². The summed E-state index contributed by atoms with van der Waals surface area (Å²) in [6.07, 6.45) is 0.362. The quantitative estimate of drug-likeness (QED) is 0.668. The summed E-state index contributed by atoms with van der Waals surface area (Å²) in [7, 11) is 1.55. The predicted octanol–water partition coefficient (Wildman–Crippen LogP) is 4.05. The number of amides is 3. The van der Waals surface area contributed by atoms with Gasteiger partial charge in [0.15, 0.2) is 0 Å². The molecule has 0 aliphatic carbocycles. The first-order valence-electron chi connectivity index (χ1n) is 9.07. The molecule has 8 heteroatoms. The van der Waals surface area contributed by atoms with Crippen LogP contribution in [0.3, 0.4) is 0 Å². The van der Waals surface area contributed by atoms with Gasteiger partial charge in [-0.25, -0.2) is 4.90 Å². The monoisotopic (exact) mass is 432 g/mol. The fourth-order valence-corrected chi connectivity index (χ4v) is 4.20. The van der Waals surface area contributed by atoms with Gasteiger partial charge in [0.2, 0.25) is 17.7 Å². The van der Waals surface area contributed by atoms with Crippen molar-refractivity contribution in [1.29, 1.82) is 0 Å². The van der Waals surface area contributed by atoms with E-state index in [2.05, 4.69) is 5.32 Å². The van der Waals surface area contributed by atoms with Gasteiger partial charge >= 0.3 is 0 Å². The molecule has 1 aliphatic rings. The molecule has 1 saturated heterocycles. The van der Waals surface area contributed by atoms with Gasteiger partial charge in [0.05, 0.1) is 18.0 Å². The molecule has 6 nitrogen and oxygen atoms in total. The van der Waals surface area contributed by atoms with Crippen LogP contribution >= 0.6 is 23.4 Å². The van der Waals surface area contributed by atoms with Crippen molar-refractivity contribution < 1.29 is 19.1 Å². The molecule has 2 aromatic rings. The molecule has 0 unspecified atom stereocenters. The zero-order valence-corrected chi connectivity index (χ0v) is 17.7. The average molecular weight is 433 g/mol. The zero-order valence-electron chi connectivity index (χ0n) is 16.1. The maximum Gasteiger partial charge on any atom is 0.247 e. The van der Waals surface area contributed by atoms with Crippen molar-refractivity contribution in [3.63, 3.8) is 0 Å². The van der Waals surface area contributed by atoms with Gasteiger partial charge < -0.3 is 10.1 Å². The van der Waals surface area contributed by atoms with Crippen LogP contribution in [0, 0.1) is 6.92 Å². The normalized spacial score (nSPS) is 16.2. The number of aryl methyl sites for hydroxylation is 1. The van der Waals surface area contributed by atoms with Crippen LogP contribution in [0.15, 0.2) is 42.5 Å². The Morgan fingerprint density at radius 3 is 2.62 bits per heavy atom. The summed E-state index contributed by atoms with van der Waals surface area (Å²) in [5, 5.41) is 2.90. The molecule has 1 atom stereocenters. The van der Waals surface area contributed by atoms with Gasteiger partial charge in [-0.05, 0) is 48.9 Å². The van der Waals surface area contributed by atoms with E-state index in [1.54, 1.807) is 43.5 Å². The van der Waals surface area contributed by atoms with E-state index in [1.165, 1.54) is 16.7 Å². The molecule has 1 N–H and O–H groups in total. The van der Waals surface area contributed by atoms with Gasteiger partial charge in [-0.2, -0.15) is 0 Å². The first-order valence-corrected chi connectivity index (χ1v) is 10.5. The summed E-state index contributed by atoms with van der Waals surface area (Å²) in [6, 6.07) is 12.1. The molecule has 29 heavy (non-hydrogen) atoms. The minimum atomic E-state index is -0.480. The van der Waals surface area contributed by atoms with E-state index in [4.69, 9.17) is 16.3 Å². The smallest absolute Gasteiger partial charge is 0.247 e. The SMILES string of the molecule is COc1ccc(N2C(=O)C[C@@H](SCCC(=O)Nc3ccc(C)c(Cl)c3)C2=O)cc1. The highest BCUT2D eigenvalue weighted by atomic mass is 35.5. The second-order valence-corrected chi connectivity index (χ2v) is 8.31. The van der Waals surface area contributed by atoms with Crippen LogP contribution in [-0.4, -0.2) is 35.8 Å². The third kappa shape index (κ3) is 5.10. The van der Waals surface area contributed by atoms with Gasteiger partial charge in [-0.15, -0.1) is 11.8 Å². The second kappa shape index (κ2) is 9.33. The molecular weight excluding hydrogens is 412 g/mol. The highest BCUT2D eigenvalue weighted by Crippen LogP contribution is 2.31. The van der Waals surface area contributed by atoms with Crippen molar-refractivity contribution in [2.24, 2.45) is 0 Å². The minimum absolute atomic E-state index is 0.130. The highest BCUT2D eigenvalue weighted by Gasteiger charge is 2.39. The largest absolute Gasteiger partial charge is 0.497 e. The number of hydrogen-bond donors (Lipinski definition) is 1. The Balaban J connectivity index is 1.51. The third-order valence-electron chi connectivity index (χ3n) is 4.54. The number of carbonyl (C=O) groups is 3. The van der Waals surface area contributed by atoms with Crippen LogP contribution in [0.25, 0.3) is 0 Å². The summed E-state index contributed by atoms with van der Waals surface area (Å²) in [5.74, 6) is 0.430. The summed E-state index contributed by atoms with van der Waals surface area (Å²) >= 11 is 7.38. The number of rotatable bonds is 7. The molecule has 0 radical (unpaired) electrons. The Bertz CT molecular complexity index is 933. The number of nitrogens with one attached hydrogen (secondary N) is 1. The number of halogens is 1. The molecule has 3 rings (SSSR count). The van der Waals surface area contributed by atoms with E-state index in [1.807, 2.05) is 13.0 Å². The van der Waals surface area contributed by atoms with Crippen LogP contribution in [0.5, 0.6) is 5.75 Å². The molecule has 1 fully saturated rings. The molecule has 2 aromatic carbocycles. The van der Waals surface area contributed by atoms with Crippen molar-refractivity contribution in [3.05, 3.63) is 53.1 Å². The first-order chi connectivity index (χ1) is 13.9. The number of ether oxygens (including phenoxy) is 1. The lowest BCUT2D eigenvalue weighted by atomic mass is 10.2. The van der Waals surface area contributed by atoms with E-state index in [0.29, 0.717) is 27.9 Å². The number of imide groups is 1. The molecule has 0 aromatic heterocycles. The number of hydrogen-bond acceptors (Lipinski definition) is 5. The Morgan fingerprint density at radius 1 is 1.24 bits per heavy atom. The van der Waals surface area contributed by atoms with Gasteiger partial charge in [-0.3, -0.25) is 14.4 Å². The van der Waals surface area contributed by atoms with Crippen molar-refractivity contribution in [3.8, 4) is 5.75 Å². The molecule has 0 saturated carbocycles. The van der Waals surface area contributed by atoms with Crippen LogP contribution < -0.4 is 15.0 Å². The van der Waals surface area contributed by atoms with E-state index >= 15 is 0 Å². The maximum atomic E-state index is 12.6. The molecular formula is C21H21ClN2O4S. The Hall–Kier alpha value is -2.51. The fraction of sp³-hybridized carbons (Fsp3) is 0.286. The van der Waals surface area contributed by atoms with Gasteiger partial charge in [-0.1, -0.05) is 17.7 Å². The zero-order chi connectivity index (χ0) is 21.0. The van der Waals surface area contributed by atoms with Crippen molar-refractivity contribution in [2.45, 2.75) is 25.0 Å². The fourth-order valence-electron chi connectivity index (χ4n) is 2.92. The molecule has 0 bridgehead atoms. The topological polar surface area (TPSA) is 75.7 Å². The van der Waals surface area contributed by atoms with Crippen LogP contribution in [0.1, 0.15) is 18.4 Å². The minimum Gasteiger partial charge on any atom is -0.497 e. The van der Waals surface area contributed by atoms with E-state index in [0.717, 1.165) is 5.56 Å². The highest BCUT2D eigenvalue weighted by molar-refractivity contribution is 8.00. The Morgan fingerprint density at radius 2 is 1.97 bits per heavy atom. The van der Waals surface area contributed by atoms with Gasteiger partial charge in [0, 0.05) is 29.3 Å². The molecule has 0 spiro atoms. The molecule has 152 valence electrons. The number of benzene rings is 2. The van der Waals surface area contributed by atoms with Crippen LogP contribution in [0.2, 0.25) is 5.02 Å². The summed E-state index contributed by atoms with van der Waals surface area (Å²) in [5.41, 5.74) is 2.09. The Kier molecular flexibility index (Phi) is 6.82. The van der Waals surface area contributed by atoms with Crippen molar-refractivity contribution in [2.75, 3.05) is 23.1 Å². The van der Waals surface area contributed by atoms with E-state index in [-0.39, 0.29) is 30.6 Å². The first kappa shape index (κ1) is 21.2. The molecule has 1 aliphatic heterocycles. The lowest BCUT2D eigenvalue weighted by Crippen LogP contribution is -2.31.